The molecule has 1 atom stereocenters. The van der Waals surface area contributed by atoms with Crippen LogP contribution in [0.25, 0.3) is 0 Å². The molecule has 0 aromatic heterocycles. The first-order chi connectivity index (χ1) is 9.10. The highest BCUT2D eigenvalue weighted by Crippen LogP contribution is 2.25. The molecule has 0 saturated carbocycles. The van der Waals surface area contributed by atoms with Crippen molar-refractivity contribution in [2.24, 2.45) is 0 Å². The van der Waals surface area contributed by atoms with Crippen molar-refractivity contribution in [2.45, 2.75) is 32.4 Å². The maximum absolute atomic E-state index is 13.2. The predicted molar refractivity (Wildman–Crippen MR) is 73.8 cm³/mol. The monoisotopic (exact) mass is 347 g/mol. The van der Waals surface area contributed by atoms with Gasteiger partial charge in [0, 0.05) is 10.0 Å². The maximum atomic E-state index is 13.2. The van der Waals surface area contributed by atoms with Crippen molar-refractivity contribution in [1.29, 1.82) is 0 Å². The van der Waals surface area contributed by atoms with E-state index in [1.165, 1.54) is 12.1 Å². The largest absolute Gasteiger partial charge is 0.479 e. The van der Waals surface area contributed by atoms with Crippen molar-refractivity contribution in [3.63, 3.8) is 0 Å². The number of nitrogens with one attached hydrogen (secondary N) is 1. The zero-order valence-corrected chi connectivity index (χ0v) is 12.8. The van der Waals surface area contributed by atoms with Gasteiger partial charge in [0.2, 0.25) is 0 Å². The Morgan fingerprint density at radius 1 is 1.40 bits per heavy atom. The van der Waals surface area contributed by atoms with Crippen molar-refractivity contribution in [2.75, 3.05) is 0 Å². The fourth-order valence-electron chi connectivity index (χ4n) is 1.43. The van der Waals surface area contributed by atoms with Gasteiger partial charge in [0.25, 0.3) is 0 Å². The minimum Gasteiger partial charge on any atom is -0.479 e. The minimum atomic E-state index is -1.41. The molecule has 0 heterocycles. The Balaban J connectivity index is 2.98. The van der Waals surface area contributed by atoms with E-state index in [9.17, 15) is 19.1 Å². The maximum Gasteiger partial charge on any atom is 0.408 e. The standard InChI is InChI=1S/C13H15BrFNO4/c1-13(2,3)20-12(19)16-10(11(17)18)8-6-7(15)4-5-9(8)14/h4-6,10H,1-3H3,(H,16,19)(H,17,18). The Morgan fingerprint density at radius 3 is 2.50 bits per heavy atom. The summed E-state index contributed by atoms with van der Waals surface area (Å²) in [6.07, 6.45) is -0.888. The third-order valence-corrected chi connectivity index (χ3v) is 2.90. The van der Waals surface area contributed by atoms with E-state index in [0.717, 1.165) is 6.07 Å². The highest BCUT2D eigenvalue weighted by molar-refractivity contribution is 9.10. The minimum absolute atomic E-state index is 0.100. The van der Waals surface area contributed by atoms with Gasteiger partial charge in [-0.15, -0.1) is 0 Å². The zero-order valence-electron chi connectivity index (χ0n) is 11.2. The number of benzene rings is 1. The summed E-state index contributed by atoms with van der Waals surface area (Å²) in [5.41, 5.74) is -0.657. The molecule has 0 aliphatic heterocycles. The van der Waals surface area contributed by atoms with Crippen LogP contribution in [0.15, 0.2) is 22.7 Å². The summed E-state index contributed by atoms with van der Waals surface area (Å²) in [7, 11) is 0. The van der Waals surface area contributed by atoms with Crippen LogP contribution >= 0.6 is 15.9 Å². The van der Waals surface area contributed by atoms with E-state index in [2.05, 4.69) is 21.2 Å². The lowest BCUT2D eigenvalue weighted by molar-refractivity contribution is -0.139. The van der Waals surface area contributed by atoms with Crippen LogP contribution in [0.1, 0.15) is 32.4 Å². The van der Waals surface area contributed by atoms with Gasteiger partial charge in [-0.2, -0.15) is 0 Å². The highest BCUT2D eigenvalue weighted by Gasteiger charge is 2.27. The third-order valence-electron chi connectivity index (χ3n) is 2.18. The van der Waals surface area contributed by atoms with E-state index >= 15 is 0 Å². The van der Waals surface area contributed by atoms with Gasteiger partial charge in [0.05, 0.1) is 0 Å². The van der Waals surface area contributed by atoms with Gasteiger partial charge in [0.15, 0.2) is 6.04 Å². The molecule has 5 nitrogen and oxygen atoms in total. The van der Waals surface area contributed by atoms with E-state index in [1.54, 1.807) is 20.8 Å². The molecule has 0 fully saturated rings. The number of aliphatic carboxylic acids is 1. The van der Waals surface area contributed by atoms with Crippen LogP contribution in [-0.2, 0) is 9.53 Å². The Morgan fingerprint density at radius 2 is 2.00 bits per heavy atom. The van der Waals surface area contributed by atoms with Gasteiger partial charge in [-0.3, -0.25) is 0 Å². The molecule has 1 rings (SSSR count). The molecule has 1 unspecified atom stereocenters. The molecular formula is C13H15BrFNO4. The molecule has 0 radical (unpaired) electrons. The average Bonchev–Trinajstić information content (AvgIpc) is 2.27. The van der Waals surface area contributed by atoms with Crippen molar-refractivity contribution in [3.05, 3.63) is 34.1 Å². The summed E-state index contributed by atoms with van der Waals surface area (Å²) >= 11 is 3.13. The Hall–Kier alpha value is -1.63. The molecule has 1 aromatic rings. The lowest BCUT2D eigenvalue weighted by Crippen LogP contribution is -2.38. The second-order valence-electron chi connectivity index (χ2n) is 5.08. The molecule has 1 aromatic carbocycles. The summed E-state index contributed by atoms with van der Waals surface area (Å²) < 4.78 is 18.6. The fourth-order valence-corrected chi connectivity index (χ4v) is 1.91. The number of amides is 1. The van der Waals surface area contributed by atoms with Crippen molar-refractivity contribution >= 4 is 28.0 Å². The van der Waals surface area contributed by atoms with Crippen molar-refractivity contribution < 1.29 is 23.8 Å². The van der Waals surface area contributed by atoms with Crippen molar-refractivity contribution in [3.8, 4) is 0 Å². The highest BCUT2D eigenvalue weighted by atomic mass is 79.9. The number of ether oxygens (including phenoxy) is 1. The van der Waals surface area contributed by atoms with Gasteiger partial charge in [-0.25, -0.2) is 14.0 Å². The summed E-state index contributed by atoms with van der Waals surface area (Å²) in [4.78, 5) is 22.9. The summed E-state index contributed by atoms with van der Waals surface area (Å²) in [5.74, 6) is -1.91. The number of hydrogen-bond donors (Lipinski definition) is 2. The molecule has 0 saturated heterocycles. The molecule has 110 valence electrons. The molecule has 0 spiro atoms. The summed E-state index contributed by atoms with van der Waals surface area (Å²) in [6.45, 7) is 4.96. The molecule has 20 heavy (non-hydrogen) atoms. The summed E-state index contributed by atoms with van der Waals surface area (Å²) in [6, 6.07) is 2.19. The first-order valence-electron chi connectivity index (χ1n) is 5.77. The number of carboxylic acid groups (broad SMARTS) is 1. The second kappa shape index (κ2) is 6.21. The molecule has 0 bridgehead atoms. The topological polar surface area (TPSA) is 75.6 Å². The Kier molecular flexibility index (Phi) is 5.10. The van der Waals surface area contributed by atoms with Crippen LogP contribution in [0.5, 0.6) is 0 Å². The van der Waals surface area contributed by atoms with Gasteiger partial charge < -0.3 is 15.2 Å². The van der Waals surface area contributed by atoms with Crippen LogP contribution in [0.3, 0.4) is 0 Å². The molecule has 2 N–H and O–H groups in total. The molecule has 0 aliphatic carbocycles. The first-order valence-corrected chi connectivity index (χ1v) is 6.57. The molecule has 1 amide bonds. The quantitative estimate of drug-likeness (QED) is 0.879. The number of carboxylic acids is 1. The second-order valence-corrected chi connectivity index (χ2v) is 5.94. The Bertz CT molecular complexity index is 528. The van der Waals surface area contributed by atoms with Gasteiger partial charge in [-0.1, -0.05) is 15.9 Å². The van der Waals surface area contributed by atoms with Crippen LogP contribution < -0.4 is 5.32 Å². The predicted octanol–water partition coefficient (Wildman–Crippen LogP) is 3.24. The number of halogens is 2. The van der Waals surface area contributed by atoms with Crippen LogP contribution in [0.4, 0.5) is 9.18 Å². The normalized spacial score (nSPS) is 12.7. The van der Waals surface area contributed by atoms with Gasteiger partial charge in [0.1, 0.15) is 11.4 Å². The number of alkyl carbamates (subject to hydrolysis) is 1. The van der Waals surface area contributed by atoms with Gasteiger partial charge in [-0.05, 0) is 39.0 Å². The fraction of sp³-hybridized carbons (Fsp3) is 0.385. The van der Waals surface area contributed by atoms with E-state index < -0.39 is 29.5 Å². The smallest absolute Gasteiger partial charge is 0.408 e. The molecular weight excluding hydrogens is 333 g/mol. The van der Waals surface area contributed by atoms with Crippen molar-refractivity contribution in [1.82, 2.24) is 5.32 Å². The number of carbonyl (C=O) groups is 2. The Labute approximate surface area is 124 Å². The van der Waals surface area contributed by atoms with E-state index in [-0.39, 0.29) is 5.56 Å². The average molecular weight is 348 g/mol. The first kappa shape index (κ1) is 16.4. The van der Waals surface area contributed by atoms with Crippen LogP contribution in [-0.4, -0.2) is 22.8 Å². The number of carbonyl (C=O) groups excluding carboxylic acids is 1. The zero-order chi connectivity index (χ0) is 15.5. The lowest BCUT2D eigenvalue weighted by atomic mass is 10.1. The lowest BCUT2D eigenvalue weighted by Gasteiger charge is -2.22. The third kappa shape index (κ3) is 4.80. The number of hydrogen-bond acceptors (Lipinski definition) is 3. The SMILES string of the molecule is CC(C)(C)OC(=O)NC(C(=O)O)c1cc(F)ccc1Br. The van der Waals surface area contributed by atoms with Crippen LogP contribution in [0, 0.1) is 5.82 Å². The summed E-state index contributed by atoms with van der Waals surface area (Å²) in [5, 5.41) is 11.4. The van der Waals surface area contributed by atoms with Gasteiger partial charge >= 0.3 is 12.1 Å². The van der Waals surface area contributed by atoms with E-state index in [1.807, 2.05) is 0 Å². The van der Waals surface area contributed by atoms with E-state index in [4.69, 9.17) is 4.74 Å². The molecule has 7 heteroatoms. The van der Waals surface area contributed by atoms with Crippen LogP contribution in [0.2, 0.25) is 0 Å². The number of rotatable bonds is 3. The van der Waals surface area contributed by atoms with E-state index in [0.29, 0.717) is 4.47 Å². The molecule has 0 aliphatic rings.